The van der Waals surface area contributed by atoms with Crippen molar-refractivity contribution in [3.05, 3.63) is 56.8 Å². The number of benzene rings is 1. The fourth-order valence-electron chi connectivity index (χ4n) is 1.88. The van der Waals surface area contributed by atoms with E-state index in [-0.39, 0.29) is 16.5 Å². The molecule has 0 aliphatic heterocycles. The first-order chi connectivity index (χ1) is 12.0. The van der Waals surface area contributed by atoms with E-state index in [0.717, 1.165) is 4.88 Å². The van der Waals surface area contributed by atoms with E-state index >= 15 is 0 Å². The van der Waals surface area contributed by atoms with Crippen LogP contribution in [0.4, 0.5) is 11.4 Å². The van der Waals surface area contributed by atoms with Gasteiger partial charge in [0.15, 0.2) is 5.11 Å². The van der Waals surface area contributed by atoms with Crippen LogP contribution in [0.5, 0.6) is 5.75 Å². The predicted octanol–water partition coefficient (Wildman–Crippen LogP) is 3.58. The molecule has 0 radical (unpaired) electrons. The summed E-state index contributed by atoms with van der Waals surface area (Å²) < 4.78 is 5.25. The lowest BCUT2D eigenvalue weighted by atomic mass is 10.2. The van der Waals surface area contributed by atoms with Crippen molar-refractivity contribution >= 4 is 52.0 Å². The molecule has 130 valence electrons. The number of thiocarbonyl (C=S) groups is 1. The van der Waals surface area contributed by atoms with Gasteiger partial charge in [-0.15, -0.1) is 11.3 Å². The Labute approximate surface area is 153 Å². The van der Waals surface area contributed by atoms with Crippen molar-refractivity contribution in [2.24, 2.45) is 0 Å². The van der Waals surface area contributed by atoms with Crippen LogP contribution < -0.4 is 15.4 Å². The van der Waals surface area contributed by atoms with Gasteiger partial charge in [-0.2, -0.15) is 0 Å². The van der Waals surface area contributed by atoms with Crippen LogP contribution >= 0.6 is 23.6 Å². The molecule has 0 aliphatic carbocycles. The number of nitro benzene ring substituents is 1. The van der Waals surface area contributed by atoms with E-state index in [2.05, 4.69) is 10.6 Å². The van der Waals surface area contributed by atoms with E-state index in [1.165, 1.54) is 29.5 Å². The van der Waals surface area contributed by atoms with Crippen LogP contribution in [0.3, 0.4) is 0 Å². The van der Waals surface area contributed by atoms with Gasteiger partial charge in [0, 0.05) is 11.0 Å². The lowest BCUT2D eigenvalue weighted by Crippen LogP contribution is -2.33. The fourth-order valence-corrected chi connectivity index (χ4v) is 2.70. The van der Waals surface area contributed by atoms with E-state index in [1.54, 1.807) is 19.1 Å². The third kappa shape index (κ3) is 5.66. The summed E-state index contributed by atoms with van der Waals surface area (Å²) in [6.07, 6.45) is 2.99. The number of hydrogen-bond donors (Lipinski definition) is 2. The van der Waals surface area contributed by atoms with Gasteiger partial charge in [-0.25, -0.2) is 0 Å². The number of carbonyl (C=O) groups is 1. The van der Waals surface area contributed by atoms with E-state index in [4.69, 9.17) is 17.0 Å². The molecule has 0 atom stereocenters. The van der Waals surface area contributed by atoms with Crippen LogP contribution in [0.2, 0.25) is 0 Å². The molecule has 1 amide bonds. The summed E-state index contributed by atoms with van der Waals surface area (Å²) >= 11 is 6.52. The Hall–Kier alpha value is -2.78. The monoisotopic (exact) mass is 377 g/mol. The van der Waals surface area contributed by atoms with Crippen molar-refractivity contribution < 1.29 is 14.5 Å². The number of ether oxygens (including phenoxy) is 1. The van der Waals surface area contributed by atoms with Gasteiger partial charge in [0.2, 0.25) is 5.91 Å². The second-order valence-electron chi connectivity index (χ2n) is 4.66. The molecular weight excluding hydrogens is 362 g/mol. The molecule has 7 nitrogen and oxygen atoms in total. The maximum absolute atomic E-state index is 11.8. The number of amides is 1. The number of nitro groups is 1. The number of rotatable bonds is 6. The van der Waals surface area contributed by atoms with E-state index < -0.39 is 10.8 Å². The van der Waals surface area contributed by atoms with Gasteiger partial charge in [0.25, 0.3) is 5.69 Å². The van der Waals surface area contributed by atoms with Gasteiger partial charge in [-0.1, -0.05) is 6.07 Å². The van der Waals surface area contributed by atoms with Crippen LogP contribution in [-0.2, 0) is 4.79 Å². The smallest absolute Gasteiger partial charge is 0.296 e. The average molecular weight is 377 g/mol. The van der Waals surface area contributed by atoms with Crippen LogP contribution in [0, 0.1) is 10.1 Å². The summed E-state index contributed by atoms with van der Waals surface area (Å²) in [7, 11) is 0. The Balaban J connectivity index is 2.02. The summed E-state index contributed by atoms with van der Waals surface area (Å²) in [5.74, 6) is -0.0481. The molecule has 2 rings (SSSR count). The first-order valence-corrected chi connectivity index (χ1v) is 8.53. The van der Waals surface area contributed by atoms with Gasteiger partial charge in [0.05, 0.1) is 17.6 Å². The standard InChI is InChI=1S/C16H15N3O4S2/c1-2-23-11-5-7-13(14(10-11)19(21)22)17-16(24)18-15(20)8-6-12-4-3-9-25-12/h3-10H,2H2,1H3,(H2,17,18,20,24)/b8-6+. The van der Waals surface area contributed by atoms with Crippen molar-refractivity contribution in [3.8, 4) is 5.75 Å². The molecule has 0 bridgehead atoms. The Bertz CT molecular complexity index is 804. The highest BCUT2D eigenvalue weighted by molar-refractivity contribution is 7.80. The topological polar surface area (TPSA) is 93.5 Å². The molecule has 2 N–H and O–H groups in total. The third-order valence-electron chi connectivity index (χ3n) is 2.90. The molecule has 25 heavy (non-hydrogen) atoms. The van der Waals surface area contributed by atoms with Crippen molar-refractivity contribution in [2.75, 3.05) is 11.9 Å². The van der Waals surface area contributed by atoms with Gasteiger partial charge in [-0.05, 0) is 48.8 Å². The van der Waals surface area contributed by atoms with Crippen LogP contribution in [0.25, 0.3) is 6.08 Å². The van der Waals surface area contributed by atoms with Gasteiger partial charge in [0.1, 0.15) is 11.4 Å². The minimum atomic E-state index is -0.550. The van der Waals surface area contributed by atoms with Crippen LogP contribution in [-0.4, -0.2) is 22.5 Å². The minimum absolute atomic E-state index is 0.0342. The molecule has 1 heterocycles. The average Bonchev–Trinajstić information content (AvgIpc) is 3.08. The third-order valence-corrected chi connectivity index (χ3v) is 3.95. The van der Waals surface area contributed by atoms with Gasteiger partial charge in [-0.3, -0.25) is 20.2 Å². The Kier molecular flexibility index (Phi) is 6.61. The molecule has 0 saturated carbocycles. The molecule has 1 aromatic carbocycles. The Morgan fingerprint density at radius 2 is 2.24 bits per heavy atom. The number of nitrogens with one attached hydrogen (secondary N) is 2. The van der Waals surface area contributed by atoms with E-state index in [9.17, 15) is 14.9 Å². The molecule has 0 fully saturated rings. The summed E-state index contributed by atoms with van der Waals surface area (Å²) in [4.78, 5) is 23.4. The molecule has 1 aromatic heterocycles. The largest absolute Gasteiger partial charge is 0.494 e. The first kappa shape index (κ1) is 18.6. The quantitative estimate of drug-likeness (QED) is 0.346. The predicted molar refractivity (Wildman–Crippen MR) is 102 cm³/mol. The zero-order chi connectivity index (χ0) is 18.2. The molecular formula is C16H15N3O4S2. The first-order valence-electron chi connectivity index (χ1n) is 7.24. The maximum Gasteiger partial charge on any atom is 0.296 e. The normalized spacial score (nSPS) is 10.4. The molecule has 0 saturated heterocycles. The zero-order valence-corrected chi connectivity index (χ0v) is 14.9. The molecule has 0 spiro atoms. The number of anilines is 1. The highest BCUT2D eigenvalue weighted by atomic mass is 32.1. The van der Waals surface area contributed by atoms with Crippen molar-refractivity contribution in [1.82, 2.24) is 5.32 Å². The number of nitrogens with zero attached hydrogens (tertiary/aromatic N) is 1. The molecule has 2 aromatic rings. The van der Waals surface area contributed by atoms with E-state index in [0.29, 0.717) is 12.4 Å². The van der Waals surface area contributed by atoms with Crippen molar-refractivity contribution in [3.63, 3.8) is 0 Å². The van der Waals surface area contributed by atoms with Crippen molar-refractivity contribution in [1.29, 1.82) is 0 Å². The SMILES string of the molecule is CCOc1ccc(NC(=S)NC(=O)/C=C/c2cccs2)c([N+](=O)[O-])c1. The number of thiophene rings is 1. The second-order valence-corrected chi connectivity index (χ2v) is 6.05. The summed E-state index contributed by atoms with van der Waals surface area (Å²) in [5, 5.41) is 18.1. The van der Waals surface area contributed by atoms with Gasteiger partial charge < -0.3 is 10.1 Å². The lowest BCUT2D eigenvalue weighted by molar-refractivity contribution is -0.384. The highest BCUT2D eigenvalue weighted by Gasteiger charge is 2.16. The van der Waals surface area contributed by atoms with Crippen molar-refractivity contribution in [2.45, 2.75) is 6.92 Å². The summed E-state index contributed by atoms with van der Waals surface area (Å²) in [6.45, 7) is 2.18. The number of carbonyl (C=O) groups excluding carboxylic acids is 1. The highest BCUT2D eigenvalue weighted by Crippen LogP contribution is 2.29. The Morgan fingerprint density at radius 1 is 1.44 bits per heavy atom. The van der Waals surface area contributed by atoms with Crippen LogP contribution in [0.15, 0.2) is 41.8 Å². The number of hydrogen-bond acceptors (Lipinski definition) is 6. The molecule has 9 heteroatoms. The maximum atomic E-state index is 11.8. The van der Waals surface area contributed by atoms with E-state index in [1.807, 2.05) is 17.5 Å². The fraction of sp³-hybridized carbons (Fsp3) is 0.125. The minimum Gasteiger partial charge on any atom is -0.494 e. The molecule has 0 aliphatic rings. The van der Waals surface area contributed by atoms with Crippen LogP contribution in [0.1, 0.15) is 11.8 Å². The van der Waals surface area contributed by atoms with Gasteiger partial charge >= 0.3 is 0 Å². The lowest BCUT2D eigenvalue weighted by Gasteiger charge is -2.10. The second kappa shape index (κ2) is 8.90. The molecule has 0 unspecified atom stereocenters. The Morgan fingerprint density at radius 3 is 2.88 bits per heavy atom. The summed E-state index contributed by atoms with van der Waals surface area (Å²) in [5.41, 5.74) is -0.0299. The summed E-state index contributed by atoms with van der Waals surface area (Å²) in [6, 6.07) is 8.10. The zero-order valence-electron chi connectivity index (χ0n) is 13.2.